The Bertz CT molecular complexity index is 439. The molecule has 3 nitrogen and oxygen atoms in total. The van der Waals surface area contributed by atoms with E-state index in [9.17, 15) is 0 Å². The van der Waals surface area contributed by atoms with Gasteiger partial charge in [-0.05, 0) is 44.2 Å². The van der Waals surface area contributed by atoms with Gasteiger partial charge in [-0.25, -0.2) is 9.97 Å². The summed E-state index contributed by atoms with van der Waals surface area (Å²) in [6, 6.07) is 0.595. The van der Waals surface area contributed by atoms with E-state index >= 15 is 0 Å². The van der Waals surface area contributed by atoms with Gasteiger partial charge in [-0.15, -0.1) is 0 Å². The molecule has 3 heteroatoms. The highest BCUT2D eigenvalue weighted by atomic mass is 15.3. The number of rotatable bonds is 2. The van der Waals surface area contributed by atoms with Crippen molar-refractivity contribution in [2.24, 2.45) is 0 Å². The average Bonchev–Trinajstić information content (AvgIpc) is 2.74. The number of nitrogens with zero attached hydrogens (tertiary/aromatic N) is 3. The fourth-order valence-corrected chi connectivity index (χ4v) is 2.56. The highest BCUT2D eigenvalue weighted by Gasteiger charge is 2.28. The Morgan fingerprint density at radius 2 is 2.25 bits per heavy atom. The molecule has 0 saturated carbocycles. The van der Waals surface area contributed by atoms with E-state index in [4.69, 9.17) is 4.98 Å². The zero-order valence-electron chi connectivity index (χ0n) is 9.74. The Morgan fingerprint density at radius 1 is 1.38 bits per heavy atom. The van der Waals surface area contributed by atoms with E-state index in [2.05, 4.69) is 23.4 Å². The predicted octanol–water partition coefficient (Wildman–Crippen LogP) is 2.21. The standard InChI is InChI=1S/C13H17N3/c1-3-11-10-5-4-6-12(10)15-13(14-11)16-8-7-9(16)2/h3,9H,1,4-8H2,2H3/t9-/m0/s1. The maximum Gasteiger partial charge on any atom is 0.226 e. The van der Waals surface area contributed by atoms with Crippen molar-refractivity contribution in [2.75, 3.05) is 11.4 Å². The zero-order valence-corrected chi connectivity index (χ0v) is 9.74. The van der Waals surface area contributed by atoms with Crippen molar-refractivity contribution in [1.82, 2.24) is 9.97 Å². The second-order valence-corrected chi connectivity index (χ2v) is 4.72. The van der Waals surface area contributed by atoms with Crippen LogP contribution in [0.25, 0.3) is 6.08 Å². The molecule has 0 amide bonds. The highest BCUT2D eigenvalue weighted by molar-refractivity contribution is 5.53. The summed E-state index contributed by atoms with van der Waals surface area (Å²) >= 11 is 0. The van der Waals surface area contributed by atoms with E-state index in [0.717, 1.165) is 31.0 Å². The van der Waals surface area contributed by atoms with Crippen LogP contribution in [0.2, 0.25) is 0 Å². The van der Waals surface area contributed by atoms with E-state index in [0.29, 0.717) is 6.04 Å². The second-order valence-electron chi connectivity index (χ2n) is 4.72. The molecule has 0 spiro atoms. The normalized spacial score (nSPS) is 22.8. The van der Waals surface area contributed by atoms with Crippen LogP contribution in [0.15, 0.2) is 6.58 Å². The van der Waals surface area contributed by atoms with Crippen molar-refractivity contribution in [3.63, 3.8) is 0 Å². The first-order valence-corrected chi connectivity index (χ1v) is 6.08. The van der Waals surface area contributed by atoms with Gasteiger partial charge in [0.1, 0.15) is 0 Å². The minimum Gasteiger partial charge on any atom is -0.338 e. The van der Waals surface area contributed by atoms with Gasteiger partial charge < -0.3 is 4.90 Å². The summed E-state index contributed by atoms with van der Waals surface area (Å²) in [7, 11) is 0. The van der Waals surface area contributed by atoms with Crippen LogP contribution in [-0.2, 0) is 12.8 Å². The Hall–Kier alpha value is -1.38. The number of fused-ring (bicyclic) bond motifs is 1. The molecule has 1 aliphatic heterocycles. The van der Waals surface area contributed by atoms with Crippen molar-refractivity contribution < 1.29 is 0 Å². The lowest BCUT2D eigenvalue weighted by molar-refractivity contribution is 0.469. The van der Waals surface area contributed by atoms with Crippen LogP contribution < -0.4 is 4.90 Å². The Morgan fingerprint density at radius 3 is 2.88 bits per heavy atom. The largest absolute Gasteiger partial charge is 0.338 e. The molecule has 0 bridgehead atoms. The molecule has 1 atom stereocenters. The molecule has 1 saturated heterocycles. The smallest absolute Gasteiger partial charge is 0.226 e. The molecule has 84 valence electrons. The van der Waals surface area contributed by atoms with Crippen LogP contribution in [0.5, 0.6) is 0 Å². The summed E-state index contributed by atoms with van der Waals surface area (Å²) in [6.45, 7) is 7.19. The molecular weight excluding hydrogens is 198 g/mol. The van der Waals surface area contributed by atoms with Crippen LogP contribution >= 0.6 is 0 Å². The molecule has 0 unspecified atom stereocenters. The first-order valence-electron chi connectivity index (χ1n) is 6.08. The SMILES string of the molecule is C=Cc1nc(N2CC[C@@H]2C)nc2c1CCC2. The summed E-state index contributed by atoms with van der Waals surface area (Å²) in [4.78, 5) is 11.6. The fourth-order valence-electron chi connectivity index (χ4n) is 2.56. The topological polar surface area (TPSA) is 29.0 Å². The van der Waals surface area contributed by atoms with E-state index in [1.54, 1.807) is 0 Å². The highest BCUT2D eigenvalue weighted by Crippen LogP contribution is 2.29. The molecule has 2 aliphatic rings. The van der Waals surface area contributed by atoms with Gasteiger partial charge in [0.2, 0.25) is 5.95 Å². The quantitative estimate of drug-likeness (QED) is 0.757. The third kappa shape index (κ3) is 1.34. The Balaban J connectivity index is 2.04. The van der Waals surface area contributed by atoms with Crippen LogP contribution in [-0.4, -0.2) is 22.6 Å². The first-order chi connectivity index (χ1) is 7.79. The van der Waals surface area contributed by atoms with E-state index < -0.39 is 0 Å². The molecule has 1 aliphatic carbocycles. The van der Waals surface area contributed by atoms with Crippen LogP contribution in [0.1, 0.15) is 36.7 Å². The lowest BCUT2D eigenvalue weighted by Crippen LogP contribution is -2.46. The number of aromatic nitrogens is 2. The third-order valence-corrected chi connectivity index (χ3v) is 3.72. The molecule has 0 aromatic carbocycles. The summed E-state index contributed by atoms with van der Waals surface area (Å²) < 4.78 is 0. The minimum atomic E-state index is 0.595. The predicted molar refractivity (Wildman–Crippen MR) is 65.6 cm³/mol. The summed E-state index contributed by atoms with van der Waals surface area (Å²) in [5.74, 6) is 0.911. The van der Waals surface area contributed by atoms with Gasteiger partial charge in [-0.1, -0.05) is 6.58 Å². The summed E-state index contributed by atoms with van der Waals surface area (Å²) in [5, 5.41) is 0. The van der Waals surface area contributed by atoms with Gasteiger partial charge in [0.25, 0.3) is 0 Å². The van der Waals surface area contributed by atoms with Gasteiger partial charge >= 0.3 is 0 Å². The molecule has 2 heterocycles. The van der Waals surface area contributed by atoms with Gasteiger partial charge in [0.05, 0.1) is 5.69 Å². The third-order valence-electron chi connectivity index (χ3n) is 3.72. The summed E-state index contributed by atoms with van der Waals surface area (Å²) in [6.07, 6.45) is 6.56. The summed E-state index contributed by atoms with van der Waals surface area (Å²) in [5.41, 5.74) is 3.63. The van der Waals surface area contributed by atoms with Crippen molar-refractivity contribution in [2.45, 2.75) is 38.6 Å². The van der Waals surface area contributed by atoms with Gasteiger partial charge in [-0.2, -0.15) is 0 Å². The average molecular weight is 215 g/mol. The van der Waals surface area contributed by atoms with Crippen molar-refractivity contribution >= 4 is 12.0 Å². The molecular formula is C13H17N3. The number of aryl methyl sites for hydroxylation is 1. The number of anilines is 1. The molecule has 1 fully saturated rings. The molecule has 3 rings (SSSR count). The molecule has 1 aromatic heterocycles. The molecule has 16 heavy (non-hydrogen) atoms. The number of hydrogen-bond acceptors (Lipinski definition) is 3. The molecule has 0 N–H and O–H groups in total. The Kier molecular flexibility index (Phi) is 2.20. The van der Waals surface area contributed by atoms with E-state index in [-0.39, 0.29) is 0 Å². The van der Waals surface area contributed by atoms with Crippen molar-refractivity contribution in [3.8, 4) is 0 Å². The molecule has 1 aromatic rings. The maximum atomic E-state index is 4.70. The monoisotopic (exact) mass is 215 g/mol. The van der Waals surface area contributed by atoms with E-state index in [1.165, 1.54) is 24.1 Å². The first kappa shape index (κ1) is 9.82. The Labute approximate surface area is 96.2 Å². The second kappa shape index (κ2) is 3.58. The minimum absolute atomic E-state index is 0.595. The molecule has 0 radical (unpaired) electrons. The van der Waals surface area contributed by atoms with Gasteiger partial charge in [0.15, 0.2) is 0 Å². The zero-order chi connectivity index (χ0) is 11.1. The maximum absolute atomic E-state index is 4.70. The van der Waals surface area contributed by atoms with Crippen LogP contribution in [0.3, 0.4) is 0 Å². The van der Waals surface area contributed by atoms with E-state index in [1.807, 2.05) is 6.08 Å². The van der Waals surface area contributed by atoms with Gasteiger partial charge in [0, 0.05) is 18.3 Å². The van der Waals surface area contributed by atoms with Crippen LogP contribution in [0, 0.1) is 0 Å². The fraction of sp³-hybridized carbons (Fsp3) is 0.538. The van der Waals surface area contributed by atoms with Crippen molar-refractivity contribution in [3.05, 3.63) is 23.5 Å². The number of hydrogen-bond donors (Lipinski definition) is 0. The van der Waals surface area contributed by atoms with Crippen LogP contribution in [0.4, 0.5) is 5.95 Å². The lowest BCUT2D eigenvalue weighted by atomic mass is 10.1. The van der Waals surface area contributed by atoms with Crippen molar-refractivity contribution in [1.29, 1.82) is 0 Å². The lowest BCUT2D eigenvalue weighted by Gasteiger charge is -2.39. The van der Waals surface area contributed by atoms with Gasteiger partial charge in [-0.3, -0.25) is 0 Å².